The molecule has 110 valence electrons. The van der Waals surface area contributed by atoms with Crippen LogP contribution in [0.3, 0.4) is 0 Å². The van der Waals surface area contributed by atoms with Crippen LogP contribution in [0, 0.1) is 0 Å². The van der Waals surface area contributed by atoms with Crippen LogP contribution < -0.4 is 0 Å². The first-order valence-electron chi connectivity index (χ1n) is 8.25. The maximum absolute atomic E-state index is 4.29. The van der Waals surface area contributed by atoms with Gasteiger partial charge in [-0.25, -0.2) is 4.98 Å². The highest BCUT2D eigenvalue weighted by molar-refractivity contribution is 5.05. The van der Waals surface area contributed by atoms with Gasteiger partial charge in [-0.05, 0) is 12.8 Å². The minimum Gasteiger partial charge on any atom is -0.337 e. The second kappa shape index (κ2) is 10.1. The lowest BCUT2D eigenvalue weighted by Crippen LogP contribution is -2.05. The summed E-state index contributed by atoms with van der Waals surface area (Å²) >= 11 is 0. The van der Waals surface area contributed by atoms with E-state index in [1.807, 2.05) is 6.33 Å². The van der Waals surface area contributed by atoms with Gasteiger partial charge in [0.2, 0.25) is 0 Å². The smallest absolute Gasteiger partial charge is 0.0945 e. The Morgan fingerprint density at radius 2 is 1.53 bits per heavy atom. The Morgan fingerprint density at radius 1 is 0.947 bits per heavy atom. The van der Waals surface area contributed by atoms with Crippen LogP contribution >= 0.6 is 0 Å². The van der Waals surface area contributed by atoms with E-state index < -0.39 is 0 Å². The van der Waals surface area contributed by atoms with E-state index in [4.69, 9.17) is 0 Å². The molecule has 0 saturated heterocycles. The molecule has 0 atom stereocenters. The molecule has 0 aliphatic heterocycles. The molecule has 0 aromatic carbocycles. The van der Waals surface area contributed by atoms with Crippen molar-refractivity contribution in [3.05, 3.63) is 18.2 Å². The van der Waals surface area contributed by atoms with Gasteiger partial charge < -0.3 is 4.57 Å². The number of unbranched alkanes of at least 4 members (excludes halogenated alkanes) is 6. The third-order valence-corrected chi connectivity index (χ3v) is 4.08. The highest BCUT2D eigenvalue weighted by atomic mass is 15.0. The Kier molecular flexibility index (Phi) is 8.61. The van der Waals surface area contributed by atoms with Gasteiger partial charge in [0.25, 0.3) is 0 Å². The molecule has 1 aromatic rings. The minimum atomic E-state index is 0.723. The fraction of sp³-hybridized carbons (Fsp3) is 0.824. The summed E-state index contributed by atoms with van der Waals surface area (Å²) in [6.45, 7) is 4.56. The number of nitrogens with zero attached hydrogens (tertiary/aromatic N) is 2. The molecule has 0 unspecified atom stereocenters. The van der Waals surface area contributed by atoms with Crippen LogP contribution in [0.2, 0.25) is 0 Å². The fourth-order valence-corrected chi connectivity index (χ4v) is 2.84. The molecule has 0 aliphatic carbocycles. The quantitative estimate of drug-likeness (QED) is 0.486. The van der Waals surface area contributed by atoms with E-state index in [-0.39, 0.29) is 0 Å². The van der Waals surface area contributed by atoms with Crippen LogP contribution in [-0.4, -0.2) is 9.55 Å². The van der Waals surface area contributed by atoms with E-state index in [1.54, 1.807) is 0 Å². The minimum absolute atomic E-state index is 0.723. The summed E-state index contributed by atoms with van der Waals surface area (Å²) in [5.41, 5.74) is 1.44. The standard InChI is InChI=1S/C17H32N2/c1-4-6-8-10-12-16(13-11-9-7-5-2)17-14-18-15-19(17)3/h14-16H,4-13H2,1-3H3. The maximum atomic E-state index is 4.29. The fourth-order valence-electron chi connectivity index (χ4n) is 2.84. The van der Waals surface area contributed by atoms with Gasteiger partial charge in [0.15, 0.2) is 0 Å². The van der Waals surface area contributed by atoms with Crippen LogP contribution in [-0.2, 0) is 7.05 Å². The first-order valence-corrected chi connectivity index (χ1v) is 8.25. The average Bonchev–Trinajstić information content (AvgIpc) is 2.83. The molecule has 1 rings (SSSR count). The van der Waals surface area contributed by atoms with Gasteiger partial charge in [-0.1, -0.05) is 65.2 Å². The van der Waals surface area contributed by atoms with E-state index in [9.17, 15) is 0 Å². The van der Waals surface area contributed by atoms with Crippen LogP contribution in [0.4, 0.5) is 0 Å². The normalized spacial score (nSPS) is 11.4. The number of rotatable bonds is 11. The molecule has 1 aromatic heterocycles. The summed E-state index contributed by atoms with van der Waals surface area (Å²) in [6, 6.07) is 0. The molecule has 0 radical (unpaired) electrons. The molecule has 2 heteroatoms. The van der Waals surface area contributed by atoms with E-state index >= 15 is 0 Å². The van der Waals surface area contributed by atoms with Crippen molar-refractivity contribution in [1.29, 1.82) is 0 Å². The van der Waals surface area contributed by atoms with Crippen LogP contribution in [0.25, 0.3) is 0 Å². The lowest BCUT2D eigenvalue weighted by atomic mass is 9.92. The molecular formula is C17H32N2. The van der Waals surface area contributed by atoms with E-state index in [2.05, 4.69) is 36.6 Å². The number of aryl methyl sites for hydroxylation is 1. The third kappa shape index (κ3) is 6.26. The Hall–Kier alpha value is -0.790. The number of hydrogen-bond donors (Lipinski definition) is 0. The van der Waals surface area contributed by atoms with Gasteiger partial charge >= 0.3 is 0 Å². The summed E-state index contributed by atoms with van der Waals surface area (Å²) in [4.78, 5) is 4.29. The maximum Gasteiger partial charge on any atom is 0.0945 e. The summed E-state index contributed by atoms with van der Waals surface area (Å²) in [5.74, 6) is 0.723. The monoisotopic (exact) mass is 264 g/mol. The topological polar surface area (TPSA) is 17.8 Å². The molecule has 2 nitrogen and oxygen atoms in total. The zero-order valence-electron chi connectivity index (χ0n) is 13.2. The van der Waals surface area contributed by atoms with Crippen molar-refractivity contribution in [3.8, 4) is 0 Å². The molecule has 0 amide bonds. The molecule has 0 spiro atoms. The van der Waals surface area contributed by atoms with Crippen molar-refractivity contribution in [3.63, 3.8) is 0 Å². The zero-order chi connectivity index (χ0) is 13.9. The highest BCUT2D eigenvalue weighted by Crippen LogP contribution is 2.28. The van der Waals surface area contributed by atoms with Gasteiger partial charge in [0, 0.05) is 24.9 Å². The largest absolute Gasteiger partial charge is 0.337 e. The van der Waals surface area contributed by atoms with Gasteiger partial charge in [0.1, 0.15) is 0 Å². The Labute approximate surface area is 119 Å². The van der Waals surface area contributed by atoms with Crippen LogP contribution in [0.1, 0.15) is 89.7 Å². The summed E-state index contributed by atoms with van der Waals surface area (Å²) in [5, 5.41) is 0. The van der Waals surface area contributed by atoms with Crippen molar-refractivity contribution < 1.29 is 0 Å². The number of hydrogen-bond acceptors (Lipinski definition) is 1. The lowest BCUT2D eigenvalue weighted by molar-refractivity contribution is 0.479. The Balaban J connectivity index is 2.41. The second-order valence-corrected chi connectivity index (χ2v) is 5.83. The first kappa shape index (κ1) is 16.3. The predicted molar refractivity (Wildman–Crippen MR) is 83.5 cm³/mol. The van der Waals surface area contributed by atoms with E-state index in [0.29, 0.717) is 0 Å². The van der Waals surface area contributed by atoms with Crippen molar-refractivity contribution in [2.24, 2.45) is 7.05 Å². The SMILES string of the molecule is CCCCCCC(CCCCCC)c1cncn1C. The molecule has 1 heterocycles. The molecule has 0 bridgehead atoms. The molecule has 0 saturated carbocycles. The molecule has 0 fully saturated rings. The lowest BCUT2D eigenvalue weighted by Gasteiger charge is -2.17. The van der Waals surface area contributed by atoms with Crippen LogP contribution in [0.15, 0.2) is 12.5 Å². The molecule has 0 aliphatic rings. The van der Waals surface area contributed by atoms with Gasteiger partial charge in [0.05, 0.1) is 6.33 Å². The molecular weight excluding hydrogens is 232 g/mol. The summed E-state index contributed by atoms with van der Waals surface area (Å²) in [6.07, 6.45) is 17.6. The van der Waals surface area contributed by atoms with Gasteiger partial charge in [-0.2, -0.15) is 0 Å². The molecule has 0 N–H and O–H groups in total. The highest BCUT2D eigenvalue weighted by Gasteiger charge is 2.14. The predicted octanol–water partition coefficient (Wildman–Crippen LogP) is 5.44. The number of imidazole rings is 1. The van der Waals surface area contributed by atoms with Gasteiger partial charge in [-0.15, -0.1) is 0 Å². The third-order valence-electron chi connectivity index (χ3n) is 4.08. The zero-order valence-corrected chi connectivity index (χ0v) is 13.2. The van der Waals surface area contributed by atoms with Crippen molar-refractivity contribution in [1.82, 2.24) is 9.55 Å². The van der Waals surface area contributed by atoms with Crippen molar-refractivity contribution in [2.45, 2.75) is 84.0 Å². The van der Waals surface area contributed by atoms with E-state index in [0.717, 1.165) is 5.92 Å². The second-order valence-electron chi connectivity index (χ2n) is 5.83. The van der Waals surface area contributed by atoms with Crippen LogP contribution in [0.5, 0.6) is 0 Å². The average molecular weight is 264 g/mol. The van der Waals surface area contributed by atoms with Crippen molar-refractivity contribution in [2.75, 3.05) is 0 Å². The Bertz CT molecular complexity index is 305. The van der Waals surface area contributed by atoms with E-state index in [1.165, 1.54) is 69.9 Å². The van der Waals surface area contributed by atoms with Gasteiger partial charge in [-0.3, -0.25) is 0 Å². The molecule has 19 heavy (non-hydrogen) atoms. The summed E-state index contributed by atoms with van der Waals surface area (Å²) < 4.78 is 2.21. The Morgan fingerprint density at radius 3 is 1.95 bits per heavy atom. The summed E-state index contributed by atoms with van der Waals surface area (Å²) in [7, 11) is 2.13. The number of aromatic nitrogens is 2. The van der Waals surface area contributed by atoms with Crippen molar-refractivity contribution >= 4 is 0 Å². The first-order chi connectivity index (χ1) is 9.29.